The molecule has 0 heterocycles. The van der Waals surface area contributed by atoms with Crippen molar-refractivity contribution in [1.82, 2.24) is 4.90 Å². The van der Waals surface area contributed by atoms with Gasteiger partial charge in [0.1, 0.15) is 0 Å². The average Bonchev–Trinajstić information content (AvgIpc) is 3.23. The highest BCUT2D eigenvalue weighted by atomic mass is 16.4. The number of urea groups is 1. The lowest BCUT2D eigenvalue weighted by molar-refractivity contribution is -0.136. The Kier molecular flexibility index (Phi) is 4.61. The molecule has 1 aliphatic rings. The summed E-state index contributed by atoms with van der Waals surface area (Å²) in [6.45, 7) is 2.65. The van der Waals surface area contributed by atoms with Crippen molar-refractivity contribution in [2.24, 2.45) is 0 Å². The Hall–Kier alpha value is -2.04. The van der Waals surface area contributed by atoms with Gasteiger partial charge >= 0.3 is 12.0 Å². The van der Waals surface area contributed by atoms with Crippen molar-refractivity contribution in [3.05, 3.63) is 29.8 Å². The van der Waals surface area contributed by atoms with Crippen molar-refractivity contribution in [3.8, 4) is 0 Å². The summed E-state index contributed by atoms with van der Waals surface area (Å²) in [5, 5.41) is 11.7. The zero-order chi connectivity index (χ0) is 14.5. The molecule has 2 N–H and O–H groups in total. The molecule has 2 rings (SSSR count). The number of amides is 2. The van der Waals surface area contributed by atoms with E-state index in [1.165, 1.54) is 0 Å². The Labute approximate surface area is 118 Å². The lowest BCUT2D eigenvalue weighted by Gasteiger charge is -2.21. The van der Waals surface area contributed by atoms with Crippen molar-refractivity contribution in [2.45, 2.75) is 38.6 Å². The van der Waals surface area contributed by atoms with Crippen molar-refractivity contribution in [2.75, 3.05) is 11.9 Å². The van der Waals surface area contributed by atoms with Crippen LogP contribution in [0.3, 0.4) is 0 Å². The van der Waals surface area contributed by atoms with Crippen LogP contribution < -0.4 is 5.32 Å². The minimum Gasteiger partial charge on any atom is -0.481 e. The zero-order valence-electron chi connectivity index (χ0n) is 11.6. The van der Waals surface area contributed by atoms with E-state index in [-0.39, 0.29) is 12.5 Å². The molecule has 0 bridgehead atoms. The fourth-order valence-electron chi connectivity index (χ4n) is 2.24. The topological polar surface area (TPSA) is 69.6 Å². The summed E-state index contributed by atoms with van der Waals surface area (Å²) in [5.74, 6) is -0.834. The van der Waals surface area contributed by atoms with Gasteiger partial charge in [-0.05, 0) is 37.8 Å². The van der Waals surface area contributed by atoms with Gasteiger partial charge in [0.15, 0.2) is 0 Å². The number of aliphatic carboxylic acids is 1. The number of anilines is 1. The summed E-state index contributed by atoms with van der Waals surface area (Å²) >= 11 is 0. The number of aryl methyl sites for hydroxylation is 1. The zero-order valence-corrected chi connectivity index (χ0v) is 11.6. The van der Waals surface area contributed by atoms with E-state index >= 15 is 0 Å². The first-order chi connectivity index (χ1) is 9.61. The van der Waals surface area contributed by atoms with E-state index in [0.717, 1.165) is 18.4 Å². The lowest BCUT2D eigenvalue weighted by atomic mass is 10.1. The van der Waals surface area contributed by atoms with Crippen LogP contribution in [-0.4, -0.2) is 34.6 Å². The van der Waals surface area contributed by atoms with Crippen LogP contribution in [0.1, 0.15) is 31.7 Å². The van der Waals surface area contributed by atoms with Crippen molar-refractivity contribution >= 4 is 17.7 Å². The second kappa shape index (κ2) is 6.41. The third-order valence-corrected chi connectivity index (χ3v) is 3.46. The number of para-hydroxylation sites is 1. The molecule has 5 nitrogen and oxygen atoms in total. The van der Waals surface area contributed by atoms with Crippen LogP contribution in [0.15, 0.2) is 24.3 Å². The fourth-order valence-corrected chi connectivity index (χ4v) is 2.24. The van der Waals surface area contributed by atoms with Gasteiger partial charge in [-0.3, -0.25) is 4.79 Å². The Balaban J connectivity index is 2.04. The van der Waals surface area contributed by atoms with Gasteiger partial charge in [-0.2, -0.15) is 0 Å². The number of benzene rings is 1. The summed E-state index contributed by atoms with van der Waals surface area (Å²) < 4.78 is 0. The monoisotopic (exact) mass is 276 g/mol. The van der Waals surface area contributed by atoms with Crippen molar-refractivity contribution < 1.29 is 14.7 Å². The van der Waals surface area contributed by atoms with Gasteiger partial charge < -0.3 is 15.3 Å². The third kappa shape index (κ3) is 3.73. The van der Waals surface area contributed by atoms with Crippen LogP contribution in [0.4, 0.5) is 10.5 Å². The molecule has 2 amide bonds. The van der Waals surface area contributed by atoms with Crippen LogP contribution in [0.2, 0.25) is 0 Å². The van der Waals surface area contributed by atoms with Crippen LogP contribution in [0.5, 0.6) is 0 Å². The molecule has 1 aliphatic carbocycles. The molecule has 0 radical (unpaired) electrons. The summed E-state index contributed by atoms with van der Waals surface area (Å²) in [4.78, 5) is 24.7. The SMILES string of the molecule is CCN(C(=O)Nc1ccccc1CCC(=O)O)C1CC1. The third-order valence-electron chi connectivity index (χ3n) is 3.46. The Morgan fingerprint density at radius 3 is 2.65 bits per heavy atom. The number of hydrogen-bond acceptors (Lipinski definition) is 2. The Morgan fingerprint density at radius 1 is 1.35 bits per heavy atom. The minimum absolute atomic E-state index is 0.0625. The van der Waals surface area contributed by atoms with Gasteiger partial charge in [0.05, 0.1) is 0 Å². The smallest absolute Gasteiger partial charge is 0.322 e. The van der Waals surface area contributed by atoms with Gasteiger partial charge in [0.25, 0.3) is 0 Å². The van der Waals surface area contributed by atoms with Crippen LogP contribution in [-0.2, 0) is 11.2 Å². The molecule has 0 unspecified atom stereocenters. The molecule has 0 atom stereocenters. The summed E-state index contributed by atoms with van der Waals surface area (Å²) in [6, 6.07) is 7.63. The molecule has 0 spiro atoms. The normalized spacial score (nSPS) is 13.8. The first kappa shape index (κ1) is 14.4. The van der Waals surface area contributed by atoms with Gasteiger partial charge in [-0.1, -0.05) is 18.2 Å². The second-order valence-electron chi connectivity index (χ2n) is 5.00. The number of nitrogens with zero attached hydrogens (tertiary/aromatic N) is 1. The van der Waals surface area contributed by atoms with E-state index in [9.17, 15) is 9.59 Å². The van der Waals surface area contributed by atoms with Gasteiger partial charge in [0, 0.05) is 24.7 Å². The number of carbonyl (C=O) groups is 2. The Bertz CT molecular complexity index is 498. The second-order valence-corrected chi connectivity index (χ2v) is 5.00. The van der Waals surface area contributed by atoms with Crippen LogP contribution in [0, 0.1) is 0 Å². The van der Waals surface area contributed by atoms with E-state index in [1.807, 2.05) is 36.1 Å². The van der Waals surface area contributed by atoms with E-state index in [4.69, 9.17) is 5.11 Å². The minimum atomic E-state index is -0.834. The molecule has 20 heavy (non-hydrogen) atoms. The summed E-state index contributed by atoms with van der Waals surface area (Å²) in [5.41, 5.74) is 1.56. The molecule has 1 aromatic carbocycles. The first-order valence-electron chi connectivity index (χ1n) is 6.99. The molecule has 0 aliphatic heterocycles. The first-order valence-corrected chi connectivity index (χ1v) is 6.99. The number of nitrogens with one attached hydrogen (secondary N) is 1. The number of carbonyl (C=O) groups excluding carboxylic acids is 1. The van der Waals surface area contributed by atoms with E-state index in [1.54, 1.807) is 0 Å². The predicted octanol–water partition coefficient (Wildman–Crippen LogP) is 2.72. The van der Waals surface area contributed by atoms with E-state index in [0.29, 0.717) is 24.7 Å². The number of hydrogen-bond donors (Lipinski definition) is 2. The molecule has 0 saturated heterocycles. The largest absolute Gasteiger partial charge is 0.481 e. The highest BCUT2D eigenvalue weighted by Gasteiger charge is 2.31. The lowest BCUT2D eigenvalue weighted by Crippen LogP contribution is -2.36. The maximum Gasteiger partial charge on any atom is 0.322 e. The summed E-state index contributed by atoms with van der Waals surface area (Å²) in [7, 11) is 0. The Morgan fingerprint density at radius 2 is 2.05 bits per heavy atom. The van der Waals surface area contributed by atoms with Gasteiger partial charge in [-0.15, -0.1) is 0 Å². The molecule has 1 fully saturated rings. The quantitative estimate of drug-likeness (QED) is 0.839. The standard InChI is InChI=1S/C15H20N2O3/c1-2-17(12-8-9-12)15(20)16-13-6-4-3-5-11(13)7-10-14(18)19/h3-6,12H,2,7-10H2,1H3,(H,16,20)(H,18,19). The highest BCUT2D eigenvalue weighted by Crippen LogP contribution is 2.27. The predicted molar refractivity (Wildman–Crippen MR) is 76.8 cm³/mol. The molecule has 1 saturated carbocycles. The maximum atomic E-state index is 12.2. The molecular weight excluding hydrogens is 256 g/mol. The molecule has 108 valence electrons. The molecule has 0 aromatic heterocycles. The highest BCUT2D eigenvalue weighted by molar-refractivity contribution is 5.90. The number of carboxylic acid groups (broad SMARTS) is 1. The van der Waals surface area contributed by atoms with Gasteiger partial charge in [-0.25, -0.2) is 4.79 Å². The molecule has 1 aromatic rings. The molecule has 5 heteroatoms. The van der Waals surface area contributed by atoms with Crippen LogP contribution >= 0.6 is 0 Å². The molecular formula is C15H20N2O3. The summed E-state index contributed by atoms with van der Waals surface area (Å²) in [6.07, 6.45) is 2.62. The van der Waals surface area contributed by atoms with E-state index in [2.05, 4.69) is 5.32 Å². The van der Waals surface area contributed by atoms with Crippen molar-refractivity contribution in [1.29, 1.82) is 0 Å². The van der Waals surface area contributed by atoms with Crippen molar-refractivity contribution in [3.63, 3.8) is 0 Å². The number of carboxylic acids is 1. The van der Waals surface area contributed by atoms with E-state index < -0.39 is 5.97 Å². The average molecular weight is 276 g/mol. The maximum absolute atomic E-state index is 12.2. The fraction of sp³-hybridized carbons (Fsp3) is 0.467. The number of rotatable bonds is 6. The van der Waals surface area contributed by atoms with Gasteiger partial charge in [0.2, 0.25) is 0 Å². The van der Waals surface area contributed by atoms with Crippen LogP contribution in [0.25, 0.3) is 0 Å².